The number of aryl methyl sites for hydroxylation is 1. The molecule has 1 aliphatic heterocycles. The molecular weight excluding hydrogens is 546 g/mol. The van der Waals surface area contributed by atoms with Crippen molar-refractivity contribution in [1.29, 1.82) is 0 Å². The van der Waals surface area contributed by atoms with Gasteiger partial charge in [-0.25, -0.2) is 4.99 Å². The molecule has 7 rings (SSSR count). The largest absolute Gasteiger partial charge is 0.457 e. The Labute approximate surface area is 236 Å². The minimum Gasteiger partial charge on any atom is -0.457 e. The predicted octanol–water partition coefficient (Wildman–Crippen LogP) is 6.14. The molecule has 1 aliphatic carbocycles. The van der Waals surface area contributed by atoms with Crippen LogP contribution in [-0.2, 0) is 6.42 Å². The molecule has 0 saturated heterocycles. The first kappa shape index (κ1) is 24.5. The summed E-state index contributed by atoms with van der Waals surface area (Å²) in [5, 5.41) is 11.3. The van der Waals surface area contributed by atoms with Crippen molar-refractivity contribution in [3.05, 3.63) is 148 Å². The highest BCUT2D eigenvalue weighted by atomic mass is 35.5. The maximum atomic E-state index is 13.9. The standard InChI is InChI=1S/C31H20ClN3O4S/c32-25-16-20(35(37)38)11-14-23(25)26-15-12-21(39-26)17-27-30(36)34-29(19-7-2-1-3-8-19)24-13-10-18-6-4-5-9-22(18)28(24)33-31(34)40-27/h1-9,11-12,14-17,29H,10,13H2/b27-17+/t29-/m0/s1. The third-order valence-corrected chi connectivity index (χ3v) is 8.61. The second-order valence-electron chi connectivity index (χ2n) is 9.65. The van der Waals surface area contributed by atoms with Crippen LogP contribution in [0.2, 0.25) is 5.02 Å². The number of nitro benzene ring substituents is 1. The zero-order valence-electron chi connectivity index (χ0n) is 20.9. The normalized spacial score (nSPS) is 16.2. The summed E-state index contributed by atoms with van der Waals surface area (Å²) in [5.74, 6) is 0.924. The van der Waals surface area contributed by atoms with Crippen molar-refractivity contribution in [3.8, 4) is 11.3 Å². The van der Waals surface area contributed by atoms with Crippen LogP contribution in [0.1, 0.15) is 34.9 Å². The van der Waals surface area contributed by atoms with Crippen molar-refractivity contribution in [2.24, 2.45) is 4.99 Å². The van der Waals surface area contributed by atoms with Gasteiger partial charge in [0.15, 0.2) is 4.80 Å². The molecule has 0 saturated carbocycles. The van der Waals surface area contributed by atoms with Crippen LogP contribution in [0.25, 0.3) is 23.1 Å². The number of benzene rings is 3. The molecule has 7 nitrogen and oxygen atoms in total. The van der Waals surface area contributed by atoms with Gasteiger partial charge in [0.1, 0.15) is 11.5 Å². The Kier molecular flexibility index (Phi) is 5.87. The van der Waals surface area contributed by atoms with Gasteiger partial charge in [0.05, 0.1) is 26.2 Å². The first-order valence-corrected chi connectivity index (χ1v) is 13.9. The highest BCUT2D eigenvalue weighted by molar-refractivity contribution is 7.07. The van der Waals surface area contributed by atoms with E-state index >= 15 is 0 Å². The van der Waals surface area contributed by atoms with Crippen LogP contribution in [-0.4, -0.2) is 9.49 Å². The van der Waals surface area contributed by atoms with Gasteiger partial charge in [-0.15, -0.1) is 0 Å². The van der Waals surface area contributed by atoms with Gasteiger partial charge in [0, 0.05) is 29.3 Å². The summed E-state index contributed by atoms with van der Waals surface area (Å²) < 4.78 is 8.31. The first-order valence-electron chi connectivity index (χ1n) is 12.7. The number of rotatable bonds is 4. The predicted molar refractivity (Wildman–Crippen MR) is 155 cm³/mol. The lowest BCUT2D eigenvalue weighted by Crippen LogP contribution is -2.38. The van der Waals surface area contributed by atoms with Crippen LogP contribution >= 0.6 is 22.9 Å². The number of allylic oxidation sites excluding steroid dienone is 1. The molecule has 1 atom stereocenters. The van der Waals surface area contributed by atoms with Crippen LogP contribution in [0.15, 0.2) is 105 Å². The fourth-order valence-electron chi connectivity index (χ4n) is 5.48. The van der Waals surface area contributed by atoms with Gasteiger partial charge in [-0.1, -0.05) is 77.5 Å². The maximum Gasteiger partial charge on any atom is 0.271 e. The lowest BCUT2D eigenvalue weighted by atomic mass is 9.83. The first-order chi connectivity index (χ1) is 19.5. The Morgan fingerprint density at radius 1 is 1.00 bits per heavy atom. The summed E-state index contributed by atoms with van der Waals surface area (Å²) in [7, 11) is 0. The topological polar surface area (TPSA) is 90.6 Å². The summed E-state index contributed by atoms with van der Waals surface area (Å²) in [4.78, 5) is 30.1. The lowest BCUT2D eigenvalue weighted by molar-refractivity contribution is -0.384. The Balaban J connectivity index is 1.36. The van der Waals surface area contributed by atoms with E-state index in [-0.39, 0.29) is 22.3 Å². The Bertz CT molecular complexity index is 2040. The van der Waals surface area contributed by atoms with Gasteiger partial charge in [0.25, 0.3) is 11.2 Å². The van der Waals surface area contributed by atoms with E-state index in [9.17, 15) is 14.9 Å². The molecule has 0 unspecified atom stereocenters. The molecule has 0 N–H and O–H groups in total. The van der Waals surface area contributed by atoms with Crippen molar-refractivity contribution in [2.45, 2.75) is 18.9 Å². The Hall–Kier alpha value is -4.53. The quantitative estimate of drug-likeness (QED) is 0.193. The van der Waals surface area contributed by atoms with Gasteiger partial charge in [-0.3, -0.25) is 19.5 Å². The van der Waals surface area contributed by atoms with Crippen molar-refractivity contribution < 1.29 is 9.34 Å². The minimum absolute atomic E-state index is 0.0973. The van der Waals surface area contributed by atoms with Crippen LogP contribution in [0.5, 0.6) is 0 Å². The zero-order valence-corrected chi connectivity index (χ0v) is 22.5. The maximum absolute atomic E-state index is 13.9. The molecule has 2 aliphatic rings. The number of furan rings is 1. The smallest absolute Gasteiger partial charge is 0.271 e. The summed E-state index contributed by atoms with van der Waals surface area (Å²) in [6.45, 7) is 0. The summed E-state index contributed by atoms with van der Waals surface area (Å²) >= 11 is 7.63. The number of halogens is 1. The molecular formula is C31H20ClN3O4S. The molecule has 0 spiro atoms. The van der Waals surface area contributed by atoms with E-state index in [4.69, 9.17) is 21.0 Å². The van der Waals surface area contributed by atoms with E-state index in [0.717, 1.165) is 35.2 Å². The summed E-state index contributed by atoms with van der Waals surface area (Å²) in [6, 6.07) is 25.9. The van der Waals surface area contributed by atoms with Gasteiger partial charge in [-0.05, 0) is 47.7 Å². The second-order valence-corrected chi connectivity index (χ2v) is 11.1. The van der Waals surface area contributed by atoms with E-state index < -0.39 is 4.92 Å². The Morgan fingerprint density at radius 2 is 1.80 bits per heavy atom. The molecule has 5 aromatic rings. The zero-order chi connectivity index (χ0) is 27.4. The number of non-ortho nitro benzene ring substituents is 1. The molecule has 0 radical (unpaired) electrons. The van der Waals surface area contributed by atoms with E-state index in [2.05, 4.69) is 30.3 Å². The van der Waals surface area contributed by atoms with Crippen molar-refractivity contribution in [3.63, 3.8) is 0 Å². The summed E-state index contributed by atoms with van der Waals surface area (Å²) in [5.41, 5.74) is 5.85. The molecule has 196 valence electrons. The lowest BCUT2D eigenvalue weighted by Gasteiger charge is -2.30. The van der Waals surface area contributed by atoms with Crippen LogP contribution in [0.4, 0.5) is 5.69 Å². The van der Waals surface area contributed by atoms with Crippen molar-refractivity contribution >= 4 is 40.4 Å². The van der Waals surface area contributed by atoms with Gasteiger partial charge < -0.3 is 4.42 Å². The average molecular weight is 566 g/mol. The fraction of sp³-hybridized carbons (Fsp3) is 0.0968. The molecule has 40 heavy (non-hydrogen) atoms. The number of nitrogens with zero attached hydrogens (tertiary/aromatic N) is 3. The third kappa shape index (κ3) is 4.04. The highest BCUT2D eigenvalue weighted by Gasteiger charge is 2.32. The molecule has 0 fully saturated rings. The molecule has 3 aromatic carbocycles. The molecule has 0 amide bonds. The van der Waals surface area contributed by atoms with Crippen LogP contribution in [0, 0.1) is 10.1 Å². The molecule has 3 heterocycles. The van der Waals surface area contributed by atoms with E-state index in [1.807, 2.05) is 24.3 Å². The number of nitro groups is 1. The minimum atomic E-state index is -0.498. The highest BCUT2D eigenvalue weighted by Crippen LogP contribution is 2.41. The van der Waals surface area contributed by atoms with Crippen molar-refractivity contribution in [2.75, 3.05) is 0 Å². The van der Waals surface area contributed by atoms with E-state index in [1.54, 1.807) is 28.8 Å². The van der Waals surface area contributed by atoms with Gasteiger partial charge >= 0.3 is 0 Å². The molecule has 9 heteroatoms. The second kappa shape index (κ2) is 9.59. The van der Waals surface area contributed by atoms with Crippen molar-refractivity contribution in [1.82, 2.24) is 4.57 Å². The van der Waals surface area contributed by atoms with Crippen LogP contribution < -0.4 is 14.9 Å². The monoisotopic (exact) mass is 565 g/mol. The number of thiazole rings is 1. The summed E-state index contributed by atoms with van der Waals surface area (Å²) in [6.07, 6.45) is 3.45. The Morgan fingerprint density at radius 3 is 2.60 bits per heavy atom. The number of hydrogen-bond acceptors (Lipinski definition) is 6. The fourth-order valence-corrected chi connectivity index (χ4v) is 6.73. The van der Waals surface area contributed by atoms with Crippen LogP contribution in [0.3, 0.4) is 0 Å². The number of fused-ring (bicyclic) bond motifs is 3. The molecule has 0 bridgehead atoms. The third-order valence-electron chi connectivity index (χ3n) is 7.32. The average Bonchev–Trinajstić information content (AvgIpc) is 3.56. The van der Waals surface area contributed by atoms with Gasteiger partial charge in [0.2, 0.25) is 0 Å². The number of aromatic nitrogens is 1. The van der Waals surface area contributed by atoms with E-state index in [0.29, 0.717) is 26.4 Å². The number of hydrogen-bond donors (Lipinski definition) is 0. The SMILES string of the molecule is O=c1/c(=C\c2ccc(-c3ccc([N+](=O)[O-])cc3Cl)o2)sc2n1[C@@H](c1ccccc1)C1=C(N=2)c2ccccc2CC1. The van der Waals surface area contributed by atoms with E-state index in [1.165, 1.54) is 29.0 Å². The molecule has 2 aromatic heterocycles. The van der Waals surface area contributed by atoms with Gasteiger partial charge in [-0.2, -0.15) is 0 Å².